The lowest BCUT2D eigenvalue weighted by Gasteiger charge is -2.41. The Morgan fingerprint density at radius 2 is 1.84 bits per heavy atom. The SMILES string of the molecule is NC1CC(N2CCn3ncnc3C2)CC[C@@H]1c1cc(F)c(F)cc1F. The molecule has 1 aromatic carbocycles. The molecule has 2 N–H and O–H groups in total. The lowest BCUT2D eigenvalue weighted by Crippen LogP contribution is -2.48. The molecule has 0 saturated heterocycles. The second kappa shape index (κ2) is 6.42. The summed E-state index contributed by atoms with van der Waals surface area (Å²) in [6.45, 7) is 2.39. The highest BCUT2D eigenvalue weighted by Crippen LogP contribution is 2.36. The van der Waals surface area contributed by atoms with Gasteiger partial charge in [0.1, 0.15) is 18.0 Å². The molecule has 0 bridgehead atoms. The third-order valence-corrected chi connectivity index (χ3v) is 5.47. The van der Waals surface area contributed by atoms with Crippen LogP contribution in [-0.4, -0.2) is 38.3 Å². The highest BCUT2D eigenvalue weighted by molar-refractivity contribution is 5.26. The van der Waals surface area contributed by atoms with Crippen molar-refractivity contribution in [1.29, 1.82) is 0 Å². The minimum atomic E-state index is -1.17. The second-order valence-corrected chi connectivity index (χ2v) is 6.89. The van der Waals surface area contributed by atoms with Gasteiger partial charge in [-0.05, 0) is 30.9 Å². The fraction of sp³-hybridized carbons (Fsp3) is 0.529. The molecule has 0 spiro atoms. The minimum Gasteiger partial charge on any atom is -0.327 e. The zero-order chi connectivity index (χ0) is 17.6. The molecule has 1 saturated carbocycles. The molecule has 2 aromatic rings. The van der Waals surface area contributed by atoms with E-state index in [0.717, 1.165) is 37.9 Å². The first kappa shape index (κ1) is 16.5. The number of nitrogens with zero attached hydrogens (tertiary/aromatic N) is 4. The molecule has 0 amide bonds. The molecule has 1 fully saturated rings. The normalized spacial score (nSPS) is 27.3. The lowest BCUT2D eigenvalue weighted by molar-refractivity contribution is 0.104. The van der Waals surface area contributed by atoms with Gasteiger partial charge in [0.25, 0.3) is 0 Å². The monoisotopic (exact) mass is 351 g/mol. The van der Waals surface area contributed by atoms with Crippen LogP contribution in [-0.2, 0) is 13.1 Å². The van der Waals surface area contributed by atoms with Gasteiger partial charge in [0, 0.05) is 30.6 Å². The summed E-state index contributed by atoms with van der Waals surface area (Å²) in [5, 5.41) is 4.17. The molecule has 25 heavy (non-hydrogen) atoms. The maximum Gasteiger partial charge on any atom is 0.161 e. The van der Waals surface area contributed by atoms with Crippen molar-refractivity contribution in [2.45, 2.75) is 50.4 Å². The Kier molecular flexibility index (Phi) is 4.24. The molecule has 1 aliphatic carbocycles. The topological polar surface area (TPSA) is 60.0 Å². The van der Waals surface area contributed by atoms with E-state index < -0.39 is 17.5 Å². The Balaban J connectivity index is 1.47. The highest BCUT2D eigenvalue weighted by Gasteiger charge is 2.35. The van der Waals surface area contributed by atoms with Crippen LogP contribution in [0.1, 0.15) is 36.6 Å². The first-order valence-corrected chi connectivity index (χ1v) is 8.53. The summed E-state index contributed by atoms with van der Waals surface area (Å²) in [6.07, 6.45) is 3.74. The molecule has 5 nitrogen and oxygen atoms in total. The van der Waals surface area contributed by atoms with Gasteiger partial charge in [-0.15, -0.1) is 0 Å². The number of rotatable bonds is 2. The van der Waals surface area contributed by atoms with E-state index in [0.29, 0.717) is 18.9 Å². The number of halogens is 3. The third-order valence-electron chi connectivity index (χ3n) is 5.47. The zero-order valence-corrected chi connectivity index (χ0v) is 13.7. The number of hydrogen-bond acceptors (Lipinski definition) is 4. The standard InChI is InChI=1S/C17H20F3N5/c18-13-7-15(20)14(19)6-12(13)11-2-1-10(5-16(11)21)24-3-4-25-17(8-24)22-9-23-25/h6-7,9-11,16H,1-5,8,21H2/t10?,11-,16?/m1/s1. The molecule has 0 radical (unpaired) electrons. The van der Waals surface area contributed by atoms with Gasteiger partial charge >= 0.3 is 0 Å². The van der Waals surface area contributed by atoms with E-state index in [-0.39, 0.29) is 23.6 Å². The molecule has 1 aliphatic heterocycles. The van der Waals surface area contributed by atoms with Crippen molar-refractivity contribution in [2.24, 2.45) is 5.73 Å². The molecule has 2 heterocycles. The van der Waals surface area contributed by atoms with Crippen LogP contribution in [0.25, 0.3) is 0 Å². The quantitative estimate of drug-likeness (QED) is 0.843. The van der Waals surface area contributed by atoms with Crippen LogP contribution in [0.15, 0.2) is 18.5 Å². The van der Waals surface area contributed by atoms with Crippen LogP contribution in [0.4, 0.5) is 13.2 Å². The highest BCUT2D eigenvalue weighted by atomic mass is 19.2. The molecule has 134 valence electrons. The molecule has 8 heteroatoms. The predicted molar refractivity (Wildman–Crippen MR) is 85.1 cm³/mol. The Hall–Kier alpha value is -1.93. The van der Waals surface area contributed by atoms with E-state index in [9.17, 15) is 13.2 Å². The fourth-order valence-electron chi connectivity index (χ4n) is 4.12. The van der Waals surface area contributed by atoms with Crippen LogP contribution in [0, 0.1) is 17.5 Å². The predicted octanol–water partition coefficient (Wildman–Crippen LogP) is 2.17. The summed E-state index contributed by atoms with van der Waals surface area (Å²) in [5.41, 5.74) is 6.48. The molecule has 1 aromatic heterocycles. The average Bonchev–Trinajstić information content (AvgIpc) is 3.06. The first-order valence-electron chi connectivity index (χ1n) is 8.53. The van der Waals surface area contributed by atoms with E-state index >= 15 is 0 Å². The number of hydrogen-bond donors (Lipinski definition) is 1. The van der Waals surface area contributed by atoms with Crippen molar-refractivity contribution >= 4 is 0 Å². The van der Waals surface area contributed by atoms with Crippen LogP contribution in [0.2, 0.25) is 0 Å². The zero-order valence-electron chi connectivity index (χ0n) is 13.7. The van der Waals surface area contributed by atoms with E-state index in [1.54, 1.807) is 6.33 Å². The number of nitrogens with two attached hydrogens (primary N) is 1. The summed E-state index contributed by atoms with van der Waals surface area (Å²) in [6, 6.07) is 1.56. The van der Waals surface area contributed by atoms with Crippen molar-refractivity contribution in [1.82, 2.24) is 19.7 Å². The van der Waals surface area contributed by atoms with E-state index in [1.807, 2.05) is 4.68 Å². The maximum atomic E-state index is 14.1. The van der Waals surface area contributed by atoms with Crippen LogP contribution >= 0.6 is 0 Å². The van der Waals surface area contributed by atoms with Gasteiger partial charge in [-0.2, -0.15) is 5.10 Å². The van der Waals surface area contributed by atoms with Crippen LogP contribution < -0.4 is 5.73 Å². The van der Waals surface area contributed by atoms with E-state index in [1.165, 1.54) is 0 Å². The summed E-state index contributed by atoms with van der Waals surface area (Å²) in [5.74, 6) is -2.26. The van der Waals surface area contributed by atoms with Gasteiger partial charge in [-0.1, -0.05) is 0 Å². The lowest BCUT2D eigenvalue weighted by atomic mass is 9.77. The van der Waals surface area contributed by atoms with Gasteiger partial charge in [-0.3, -0.25) is 4.90 Å². The van der Waals surface area contributed by atoms with Gasteiger partial charge in [-0.25, -0.2) is 22.8 Å². The van der Waals surface area contributed by atoms with E-state index in [2.05, 4.69) is 15.0 Å². The van der Waals surface area contributed by atoms with Gasteiger partial charge in [0.2, 0.25) is 0 Å². The Morgan fingerprint density at radius 1 is 1.04 bits per heavy atom. The maximum absolute atomic E-state index is 14.1. The van der Waals surface area contributed by atoms with Crippen molar-refractivity contribution in [3.63, 3.8) is 0 Å². The van der Waals surface area contributed by atoms with Crippen LogP contribution in [0.3, 0.4) is 0 Å². The fourth-order valence-corrected chi connectivity index (χ4v) is 4.12. The molecule has 2 unspecified atom stereocenters. The van der Waals surface area contributed by atoms with Gasteiger partial charge in [0.05, 0.1) is 13.1 Å². The second-order valence-electron chi connectivity index (χ2n) is 6.89. The van der Waals surface area contributed by atoms with Crippen molar-refractivity contribution in [3.8, 4) is 0 Å². The minimum absolute atomic E-state index is 0.184. The summed E-state index contributed by atoms with van der Waals surface area (Å²) < 4.78 is 42.7. The van der Waals surface area contributed by atoms with Crippen molar-refractivity contribution in [2.75, 3.05) is 6.54 Å². The van der Waals surface area contributed by atoms with Crippen molar-refractivity contribution < 1.29 is 13.2 Å². The molecule has 2 aliphatic rings. The molecule has 3 atom stereocenters. The molecule has 4 rings (SSSR count). The summed E-state index contributed by atoms with van der Waals surface area (Å²) >= 11 is 0. The van der Waals surface area contributed by atoms with Gasteiger partial charge in [0.15, 0.2) is 11.6 Å². The van der Waals surface area contributed by atoms with Crippen LogP contribution in [0.5, 0.6) is 0 Å². The average molecular weight is 351 g/mol. The smallest absolute Gasteiger partial charge is 0.161 e. The Bertz CT molecular complexity index is 778. The first-order chi connectivity index (χ1) is 12.0. The summed E-state index contributed by atoms with van der Waals surface area (Å²) in [7, 11) is 0. The summed E-state index contributed by atoms with van der Waals surface area (Å²) in [4.78, 5) is 6.60. The Morgan fingerprint density at radius 3 is 2.64 bits per heavy atom. The third kappa shape index (κ3) is 3.04. The van der Waals surface area contributed by atoms with E-state index in [4.69, 9.17) is 5.73 Å². The number of aromatic nitrogens is 3. The van der Waals surface area contributed by atoms with Crippen molar-refractivity contribution in [3.05, 3.63) is 47.3 Å². The molecular formula is C17H20F3N5. The largest absolute Gasteiger partial charge is 0.327 e. The van der Waals surface area contributed by atoms with Gasteiger partial charge < -0.3 is 5.73 Å². The number of benzene rings is 1. The number of fused-ring (bicyclic) bond motifs is 1. The Labute approximate surface area is 143 Å². The molecular weight excluding hydrogens is 331 g/mol.